The lowest BCUT2D eigenvalue weighted by Crippen LogP contribution is -2.28. The minimum absolute atomic E-state index is 0.0131. The van der Waals surface area contributed by atoms with Gasteiger partial charge in [-0.05, 0) is 11.3 Å². The summed E-state index contributed by atoms with van der Waals surface area (Å²) in [4.78, 5) is 25.1. The molecule has 0 atom stereocenters. The smallest absolute Gasteiger partial charge is 0.222 e. The Balaban J connectivity index is 0.00000132. The summed E-state index contributed by atoms with van der Waals surface area (Å²) in [7, 11) is 4.75. The summed E-state index contributed by atoms with van der Waals surface area (Å²) >= 11 is 2.05. The second-order valence-corrected chi connectivity index (χ2v) is 8.03. The lowest BCUT2D eigenvalue weighted by Gasteiger charge is -2.08. The Morgan fingerprint density at radius 2 is 2.07 bits per heavy atom. The summed E-state index contributed by atoms with van der Waals surface area (Å²) in [5, 5.41) is 13.1. The van der Waals surface area contributed by atoms with Crippen LogP contribution < -0.4 is 15.9 Å². The van der Waals surface area contributed by atoms with Gasteiger partial charge < -0.3 is 10.2 Å². The van der Waals surface area contributed by atoms with E-state index in [4.69, 9.17) is 0 Å². The molecule has 0 bridgehead atoms. The first-order valence-corrected chi connectivity index (χ1v) is 12.3. The van der Waals surface area contributed by atoms with E-state index >= 15 is 0 Å². The molecule has 9 heteroatoms. The Kier molecular flexibility index (Phi) is 10.8. The minimum Gasteiger partial charge on any atom is -0.382 e. The molecule has 0 aromatic carbocycles. The largest absolute Gasteiger partial charge is 0.382 e. The Bertz CT molecular complexity index is 974. The Morgan fingerprint density at radius 3 is 2.59 bits per heavy atom. The number of hydrogen-bond donors (Lipinski definition) is 1. The van der Waals surface area contributed by atoms with Gasteiger partial charge in [0.2, 0.25) is 12.2 Å². The topological polar surface area (TPSA) is 78.1 Å². The molecule has 29 heavy (non-hydrogen) atoms. The first kappa shape index (κ1) is 25.0. The summed E-state index contributed by atoms with van der Waals surface area (Å²) in [5.74, 6) is -0.828. The van der Waals surface area contributed by atoms with Crippen LogP contribution in [0, 0.1) is 11.3 Å². The predicted molar refractivity (Wildman–Crippen MR) is 124 cm³/mol. The highest BCUT2D eigenvalue weighted by Gasteiger charge is 2.19. The van der Waals surface area contributed by atoms with Crippen molar-refractivity contribution in [3.05, 3.63) is 45.6 Å². The number of Topliss-reactive ketones (excluding diaryl/α,β-unsaturated/α-hetero) is 1. The van der Waals surface area contributed by atoms with Crippen LogP contribution in [0.15, 0.2) is 29.4 Å². The maximum atomic E-state index is 14.1. The van der Waals surface area contributed by atoms with Crippen LogP contribution in [0.4, 0.5) is 4.39 Å². The summed E-state index contributed by atoms with van der Waals surface area (Å²) in [5.41, 5.74) is 0.551. The highest BCUT2D eigenvalue weighted by molar-refractivity contribution is 14.2. The molecule has 1 aromatic rings. The third kappa shape index (κ3) is 6.75. The lowest BCUT2D eigenvalue weighted by atomic mass is 10.1. The summed E-state index contributed by atoms with van der Waals surface area (Å²) in [6, 6.07) is 3.59. The van der Waals surface area contributed by atoms with E-state index in [1.165, 1.54) is 21.7 Å². The van der Waals surface area contributed by atoms with E-state index in [2.05, 4.69) is 19.2 Å². The van der Waals surface area contributed by atoms with Gasteiger partial charge in [-0.15, -0.1) is 0 Å². The van der Waals surface area contributed by atoms with Crippen molar-refractivity contribution in [2.24, 2.45) is 0 Å². The van der Waals surface area contributed by atoms with Gasteiger partial charge in [-0.1, -0.05) is 32.4 Å². The average Bonchev–Trinajstić information content (AvgIpc) is 3.03. The van der Waals surface area contributed by atoms with Gasteiger partial charge in [0.1, 0.15) is 23.2 Å². The van der Waals surface area contributed by atoms with Gasteiger partial charge in [-0.25, -0.2) is 4.39 Å². The molecule has 0 spiro atoms. The number of nitrogens with one attached hydrogen (secondary N) is 1. The van der Waals surface area contributed by atoms with Crippen LogP contribution in [0.3, 0.4) is 0 Å². The highest BCUT2D eigenvalue weighted by atomic mass is 127. The summed E-state index contributed by atoms with van der Waals surface area (Å²) in [6.45, 7) is 4.25. The van der Waals surface area contributed by atoms with Crippen LogP contribution in [0.2, 0.25) is 0 Å². The number of allylic oxidation sites excluding steroid dienone is 3. The number of carbonyl (C=O) groups is 2. The molecular weight excluding hydrogens is 506 g/mol. The summed E-state index contributed by atoms with van der Waals surface area (Å²) < 4.78 is 15.8. The Hall–Kier alpha value is -2.06. The SMILES string of the molecule is CCC.CN(C)/C=C(\C#N)C(=O)c1c/c2c(n1SI)=CC/C(NC=O)=C(/F)C\C=2. The number of aromatic nitrogens is 1. The van der Waals surface area contributed by atoms with Crippen molar-refractivity contribution in [1.82, 2.24) is 14.2 Å². The molecule has 1 aliphatic rings. The van der Waals surface area contributed by atoms with E-state index in [9.17, 15) is 19.2 Å². The molecule has 1 aliphatic carbocycles. The predicted octanol–water partition coefficient (Wildman–Crippen LogP) is 3.18. The van der Waals surface area contributed by atoms with E-state index in [-0.39, 0.29) is 24.1 Å². The van der Waals surface area contributed by atoms with Crippen molar-refractivity contribution in [1.29, 1.82) is 5.26 Å². The van der Waals surface area contributed by atoms with Crippen LogP contribution in [0.1, 0.15) is 43.6 Å². The van der Waals surface area contributed by atoms with E-state index < -0.39 is 11.6 Å². The molecule has 1 N–H and O–H groups in total. The van der Waals surface area contributed by atoms with Crippen LogP contribution in [0.5, 0.6) is 0 Å². The number of amides is 1. The monoisotopic (exact) mass is 530 g/mol. The molecule has 0 unspecified atom stereocenters. The van der Waals surface area contributed by atoms with Crippen LogP contribution in [0.25, 0.3) is 12.2 Å². The molecule has 1 aromatic heterocycles. The third-order valence-corrected chi connectivity index (χ3v) is 5.35. The van der Waals surface area contributed by atoms with Crippen LogP contribution >= 0.6 is 30.3 Å². The number of nitrogens with zero attached hydrogens (tertiary/aromatic N) is 3. The maximum Gasteiger partial charge on any atom is 0.222 e. The highest BCUT2D eigenvalue weighted by Crippen LogP contribution is 2.19. The van der Waals surface area contributed by atoms with Crippen LogP contribution in [-0.2, 0) is 4.79 Å². The van der Waals surface area contributed by atoms with Gasteiger partial charge in [-0.2, -0.15) is 5.26 Å². The van der Waals surface area contributed by atoms with Crippen molar-refractivity contribution in [3.8, 4) is 6.07 Å². The fraction of sp³-hybridized carbons (Fsp3) is 0.350. The van der Waals surface area contributed by atoms with Crippen molar-refractivity contribution < 1.29 is 14.0 Å². The average molecular weight is 530 g/mol. The fourth-order valence-electron chi connectivity index (χ4n) is 2.50. The second-order valence-electron chi connectivity index (χ2n) is 6.35. The van der Waals surface area contributed by atoms with Crippen molar-refractivity contribution >= 4 is 54.7 Å². The van der Waals surface area contributed by atoms with Gasteiger partial charge >= 0.3 is 0 Å². The number of halogens is 2. The molecule has 6 nitrogen and oxygen atoms in total. The standard InChI is InChI=1S/C17H16FIN4O2S.C3H8/c1-22(2)9-12(8-20)17(25)16-7-11-3-4-13(18)14(21-10-24)5-6-15(11)23(16)26-19;1-3-2/h3,6-7,9-10H,4-5H2,1-2H3,(H,21,24);3H2,1-2H3/b11-3-,12-9+,14-13-,15-6?;. The maximum absolute atomic E-state index is 14.1. The number of hydrogen-bond acceptors (Lipinski definition) is 5. The van der Waals surface area contributed by atoms with Gasteiger partial charge in [0.15, 0.2) is 0 Å². The minimum atomic E-state index is -0.424. The molecule has 156 valence electrons. The zero-order valence-electron chi connectivity index (χ0n) is 16.8. The second kappa shape index (κ2) is 12.5. The van der Waals surface area contributed by atoms with Crippen molar-refractivity contribution in [2.75, 3.05) is 14.1 Å². The normalized spacial score (nSPS) is 17.0. The lowest BCUT2D eigenvalue weighted by molar-refractivity contribution is -0.109. The summed E-state index contributed by atoms with van der Waals surface area (Å²) in [6.07, 6.45) is 6.78. The van der Waals surface area contributed by atoms with Gasteiger partial charge in [0.25, 0.3) is 0 Å². The number of rotatable bonds is 6. The van der Waals surface area contributed by atoms with Crippen molar-refractivity contribution in [2.45, 2.75) is 33.1 Å². The molecule has 0 saturated carbocycles. The fourth-order valence-corrected chi connectivity index (χ4v) is 4.24. The van der Waals surface area contributed by atoms with E-state index in [1.54, 1.807) is 41.2 Å². The zero-order valence-corrected chi connectivity index (χ0v) is 19.8. The molecule has 2 rings (SSSR count). The molecule has 0 aliphatic heterocycles. The molecule has 0 fully saturated rings. The van der Waals surface area contributed by atoms with Crippen molar-refractivity contribution in [3.63, 3.8) is 0 Å². The number of ketones is 1. The molecular formula is C20H24FIN4O2S. The number of nitriles is 1. The molecule has 0 saturated heterocycles. The van der Waals surface area contributed by atoms with E-state index in [1.807, 2.05) is 27.3 Å². The van der Waals surface area contributed by atoms with Gasteiger partial charge in [0.05, 0.1) is 11.0 Å². The molecule has 0 radical (unpaired) electrons. The van der Waals surface area contributed by atoms with Gasteiger partial charge in [0, 0.05) is 63.5 Å². The first-order valence-electron chi connectivity index (χ1n) is 8.96. The van der Waals surface area contributed by atoms with E-state index in [0.29, 0.717) is 17.3 Å². The van der Waals surface area contributed by atoms with E-state index in [0.717, 1.165) is 5.35 Å². The quantitative estimate of drug-likeness (QED) is 0.201. The van der Waals surface area contributed by atoms with Gasteiger partial charge in [-0.3, -0.25) is 13.6 Å². The first-order chi connectivity index (χ1) is 13.8. The zero-order chi connectivity index (χ0) is 22.0. The Morgan fingerprint density at radius 1 is 1.41 bits per heavy atom. The van der Waals surface area contributed by atoms with Crippen LogP contribution in [-0.4, -0.2) is 35.2 Å². The molecule has 1 amide bonds. The third-order valence-electron chi connectivity index (χ3n) is 3.64. The Labute approximate surface area is 186 Å². The number of carbonyl (C=O) groups excluding carboxylic acids is 2. The number of fused-ring (bicyclic) bond motifs is 1. The molecule has 1 heterocycles.